The largest absolute Gasteiger partial charge is 0.465 e. The van der Waals surface area contributed by atoms with E-state index < -0.39 is 5.97 Å². The lowest BCUT2D eigenvalue weighted by Gasteiger charge is -2.16. The fourth-order valence-electron chi connectivity index (χ4n) is 5.97. The standard InChI is InChI=1S/C40H31N3O3/c1-46-39(45)32-22-23-35-34(26-32)41-40(42(35)25-24-28-14-6-2-7-15-28)43-36(30-18-10-4-11-19-30)27-33(29-16-8-3-9-17-29)37(43)38(44)31-20-12-5-13-21-31/h2-23,26-27H,24-25H2,1H3. The Morgan fingerprint density at radius 2 is 1.28 bits per heavy atom. The molecule has 0 amide bonds. The summed E-state index contributed by atoms with van der Waals surface area (Å²) in [5.41, 5.74) is 7.70. The quantitative estimate of drug-likeness (QED) is 0.123. The smallest absolute Gasteiger partial charge is 0.337 e. The van der Waals surface area contributed by atoms with Crippen LogP contribution >= 0.6 is 0 Å². The van der Waals surface area contributed by atoms with Gasteiger partial charge in [-0.2, -0.15) is 0 Å². The maximum atomic E-state index is 14.6. The number of ketones is 1. The van der Waals surface area contributed by atoms with Crippen LogP contribution < -0.4 is 0 Å². The van der Waals surface area contributed by atoms with Gasteiger partial charge in [-0.3, -0.25) is 9.36 Å². The highest BCUT2D eigenvalue weighted by Gasteiger charge is 2.28. The van der Waals surface area contributed by atoms with Crippen molar-refractivity contribution >= 4 is 22.8 Å². The number of hydrogen-bond donors (Lipinski definition) is 0. The maximum absolute atomic E-state index is 14.6. The van der Waals surface area contributed by atoms with Crippen molar-refractivity contribution in [3.05, 3.63) is 168 Å². The van der Waals surface area contributed by atoms with E-state index in [1.807, 2.05) is 120 Å². The third kappa shape index (κ3) is 5.41. The van der Waals surface area contributed by atoms with Crippen LogP contribution in [0, 0.1) is 0 Å². The zero-order valence-electron chi connectivity index (χ0n) is 25.3. The highest BCUT2D eigenvalue weighted by molar-refractivity contribution is 6.13. The van der Waals surface area contributed by atoms with Crippen LogP contribution in [0.1, 0.15) is 32.0 Å². The highest BCUT2D eigenvalue weighted by atomic mass is 16.5. The average Bonchev–Trinajstić information content (AvgIpc) is 3.70. The van der Waals surface area contributed by atoms with Crippen molar-refractivity contribution in [1.82, 2.24) is 14.1 Å². The van der Waals surface area contributed by atoms with Crippen LogP contribution in [0.5, 0.6) is 0 Å². The third-order valence-corrected chi connectivity index (χ3v) is 8.22. The summed E-state index contributed by atoms with van der Waals surface area (Å²) in [6.07, 6.45) is 0.744. The fraction of sp³-hybridized carbons (Fsp3) is 0.0750. The van der Waals surface area contributed by atoms with Crippen molar-refractivity contribution in [2.45, 2.75) is 13.0 Å². The maximum Gasteiger partial charge on any atom is 0.337 e. The van der Waals surface area contributed by atoms with Crippen LogP contribution in [0.2, 0.25) is 0 Å². The van der Waals surface area contributed by atoms with Crippen molar-refractivity contribution in [2.24, 2.45) is 0 Å². The van der Waals surface area contributed by atoms with E-state index in [0.717, 1.165) is 34.3 Å². The van der Waals surface area contributed by atoms with Gasteiger partial charge in [-0.15, -0.1) is 0 Å². The number of esters is 1. The molecular formula is C40H31N3O3. The van der Waals surface area contributed by atoms with Crippen molar-refractivity contribution in [1.29, 1.82) is 0 Å². The van der Waals surface area contributed by atoms with E-state index in [-0.39, 0.29) is 5.78 Å². The second kappa shape index (κ2) is 12.5. The number of methoxy groups -OCH3 is 1. The number of benzene rings is 5. The average molecular weight is 602 g/mol. The van der Waals surface area contributed by atoms with Crippen LogP contribution in [0.25, 0.3) is 39.4 Å². The predicted octanol–water partition coefficient (Wildman–Crippen LogP) is 8.42. The van der Waals surface area contributed by atoms with Gasteiger partial charge < -0.3 is 9.30 Å². The Morgan fingerprint density at radius 1 is 0.674 bits per heavy atom. The van der Waals surface area contributed by atoms with Gasteiger partial charge in [0.05, 0.1) is 29.4 Å². The van der Waals surface area contributed by atoms with Crippen LogP contribution in [-0.4, -0.2) is 33.0 Å². The Morgan fingerprint density at radius 3 is 1.93 bits per heavy atom. The molecule has 46 heavy (non-hydrogen) atoms. The van der Waals surface area contributed by atoms with E-state index >= 15 is 0 Å². The lowest BCUT2D eigenvalue weighted by Crippen LogP contribution is -2.16. The summed E-state index contributed by atoms with van der Waals surface area (Å²) in [5.74, 6) is 0.0475. The number of ether oxygens (including phenoxy) is 1. The van der Waals surface area contributed by atoms with Gasteiger partial charge >= 0.3 is 5.97 Å². The molecule has 0 aliphatic rings. The monoisotopic (exact) mass is 601 g/mol. The summed E-state index contributed by atoms with van der Waals surface area (Å²) < 4.78 is 9.16. The summed E-state index contributed by atoms with van der Waals surface area (Å²) >= 11 is 0. The van der Waals surface area contributed by atoms with Crippen molar-refractivity contribution in [2.75, 3.05) is 7.11 Å². The van der Waals surface area contributed by atoms with E-state index in [2.05, 4.69) is 22.8 Å². The van der Waals surface area contributed by atoms with Gasteiger partial charge in [0.25, 0.3) is 0 Å². The van der Waals surface area contributed by atoms with E-state index in [1.165, 1.54) is 12.7 Å². The number of carbonyl (C=O) groups excluding carboxylic acids is 2. The molecule has 6 nitrogen and oxygen atoms in total. The lowest BCUT2D eigenvalue weighted by atomic mass is 10.00. The summed E-state index contributed by atoms with van der Waals surface area (Å²) in [5, 5.41) is 0. The van der Waals surface area contributed by atoms with E-state index in [9.17, 15) is 9.59 Å². The molecule has 5 aromatic carbocycles. The SMILES string of the molecule is COC(=O)c1ccc2c(c1)nc(-n1c(-c3ccccc3)cc(-c3ccccc3)c1C(=O)c1ccccc1)n2CCc1ccccc1. The third-order valence-electron chi connectivity index (χ3n) is 8.22. The second-order valence-electron chi connectivity index (χ2n) is 11.0. The number of aryl methyl sites for hydroxylation is 2. The molecule has 0 radical (unpaired) electrons. The first-order chi connectivity index (χ1) is 22.6. The lowest BCUT2D eigenvalue weighted by molar-refractivity contribution is 0.0600. The minimum absolute atomic E-state index is 0.112. The molecule has 0 aliphatic heterocycles. The summed E-state index contributed by atoms with van der Waals surface area (Å²) in [7, 11) is 1.37. The molecule has 6 heteroatoms. The van der Waals surface area contributed by atoms with Gasteiger partial charge in [0.2, 0.25) is 11.7 Å². The van der Waals surface area contributed by atoms with Crippen molar-refractivity contribution in [3.8, 4) is 28.3 Å². The number of carbonyl (C=O) groups is 2. The highest BCUT2D eigenvalue weighted by Crippen LogP contribution is 2.37. The molecule has 0 atom stereocenters. The van der Waals surface area contributed by atoms with Gasteiger partial charge in [0.15, 0.2) is 0 Å². The predicted molar refractivity (Wildman–Crippen MR) is 181 cm³/mol. The number of hydrogen-bond acceptors (Lipinski definition) is 4. The molecule has 0 fully saturated rings. The van der Waals surface area contributed by atoms with Crippen molar-refractivity contribution in [3.63, 3.8) is 0 Å². The molecular weight excluding hydrogens is 570 g/mol. The molecule has 0 aliphatic carbocycles. The summed E-state index contributed by atoms with van der Waals surface area (Å²) in [4.78, 5) is 32.3. The number of aromatic nitrogens is 3. The molecule has 0 spiro atoms. The van der Waals surface area contributed by atoms with Crippen LogP contribution in [-0.2, 0) is 17.7 Å². The second-order valence-corrected chi connectivity index (χ2v) is 11.0. The Balaban J connectivity index is 1.55. The summed E-state index contributed by atoms with van der Waals surface area (Å²) in [6, 6.07) is 47.2. The van der Waals surface area contributed by atoms with Crippen LogP contribution in [0.15, 0.2) is 146 Å². The number of imidazole rings is 1. The molecule has 0 bridgehead atoms. The van der Waals surface area contributed by atoms with Crippen LogP contribution in [0.4, 0.5) is 0 Å². The van der Waals surface area contributed by atoms with Gasteiger partial charge in [0, 0.05) is 17.7 Å². The molecule has 2 heterocycles. The van der Waals surface area contributed by atoms with Gasteiger partial charge in [0.1, 0.15) is 5.69 Å². The molecule has 0 saturated heterocycles. The number of nitrogens with zero attached hydrogens (tertiary/aromatic N) is 3. The Bertz CT molecular complexity index is 2150. The summed E-state index contributed by atoms with van der Waals surface area (Å²) in [6.45, 7) is 0.597. The minimum atomic E-state index is -0.431. The number of fused-ring (bicyclic) bond motifs is 1. The zero-order valence-corrected chi connectivity index (χ0v) is 25.3. The molecule has 7 rings (SSSR count). The fourth-order valence-corrected chi connectivity index (χ4v) is 5.97. The first-order valence-electron chi connectivity index (χ1n) is 15.2. The Labute approximate surface area is 267 Å². The Kier molecular flexibility index (Phi) is 7.84. The number of rotatable bonds is 9. The van der Waals surface area contributed by atoms with Gasteiger partial charge in [-0.25, -0.2) is 9.78 Å². The minimum Gasteiger partial charge on any atom is -0.465 e. The molecule has 0 N–H and O–H groups in total. The van der Waals surface area contributed by atoms with Gasteiger partial charge in [-0.05, 0) is 47.4 Å². The normalized spacial score (nSPS) is 11.1. The van der Waals surface area contributed by atoms with E-state index in [0.29, 0.717) is 34.8 Å². The molecule has 7 aromatic rings. The molecule has 2 aromatic heterocycles. The molecule has 0 saturated carbocycles. The zero-order chi connectivity index (χ0) is 31.5. The topological polar surface area (TPSA) is 66.1 Å². The van der Waals surface area contributed by atoms with Crippen LogP contribution in [0.3, 0.4) is 0 Å². The van der Waals surface area contributed by atoms with Gasteiger partial charge in [-0.1, -0.05) is 121 Å². The van der Waals surface area contributed by atoms with Crippen molar-refractivity contribution < 1.29 is 14.3 Å². The molecule has 224 valence electrons. The Hall–Kier alpha value is -6.01. The van der Waals surface area contributed by atoms with E-state index in [4.69, 9.17) is 9.72 Å². The first-order valence-corrected chi connectivity index (χ1v) is 15.2. The molecule has 0 unspecified atom stereocenters. The van der Waals surface area contributed by atoms with E-state index in [1.54, 1.807) is 12.1 Å². The first kappa shape index (κ1) is 28.7.